The Morgan fingerprint density at radius 1 is 1.39 bits per heavy atom. The third-order valence-corrected chi connectivity index (χ3v) is 3.48. The molecule has 0 aliphatic carbocycles. The number of carbonyl (C=O) groups is 1. The fourth-order valence-corrected chi connectivity index (χ4v) is 2.22. The lowest BCUT2D eigenvalue weighted by Crippen LogP contribution is -2.45. The minimum atomic E-state index is -0.475. The SMILES string of the molecule is CCCn1cncc1CNC(CNC(=O)OC(C)(C)C)C(C)C. The van der Waals surface area contributed by atoms with E-state index < -0.39 is 5.60 Å². The predicted molar refractivity (Wildman–Crippen MR) is 92.2 cm³/mol. The van der Waals surface area contributed by atoms with Crippen molar-refractivity contribution in [3.8, 4) is 0 Å². The average Bonchev–Trinajstić information content (AvgIpc) is 2.84. The van der Waals surface area contributed by atoms with Gasteiger partial charge in [0, 0.05) is 31.9 Å². The number of aryl methyl sites for hydroxylation is 1. The topological polar surface area (TPSA) is 68.2 Å². The van der Waals surface area contributed by atoms with Gasteiger partial charge in [-0.1, -0.05) is 20.8 Å². The average molecular weight is 324 g/mol. The van der Waals surface area contributed by atoms with Gasteiger partial charge in [0.2, 0.25) is 0 Å². The maximum Gasteiger partial charge on any atom is 0.407 e. The highest BCUT2D eigenvalue weighted by Crippen LogP contribution is 2.08. The van der Waals surface area contributed by atoms with Crippen LogP contribution in [0, 0.1) is 5.92 Å². The number of aromatic nitrogens is 2. The van der Waals surface area contributed by atoms with Crippen molar-refractivity contribution in [2.75, 3.05) is 6.54 Å². The molecule has 0 radical (unpaired) electrons. The van der Waals surface area contributed by atoms with E-state index in [0.717, 1.165) is 25.2 Å². The first-order valence-electron chi connectivity index (χ1n) is 8.42. The summed E-state index contributed by atoms with van der Waals surface area (Å²) in [6.45, 7) is 14.3. The van der Waals surface area contributed by atoms with E-state index in [0.29, 0.717) is 12.5 Å². The number of hydrogen-bond donors (Lipinski definition) is 2. The molecule has 0 saturated heterocycles. The van der Waals surface area contributed by atoms with Crippen molar-refractivity contribution < 1.29 is 9.53 Å². The highest BCUT2D eigenvalue weighted by atomic mass is 16.6. The number of carbonyl (C=O) groups excluding carboxylic acids is 1. The smallest absolute Gasteiger partial charge is 0.407 e. The van der Waals surface area contributed by atoms with Crippen molar-refractivity contribution in [1.82, 2.24) is 20.2 Å². The molecule has 2 N–H and O–H groups in total. The summed E-state index contributed by atoms with van der Waals surface area (Å²) >= 11 is 0. The maximum atomic E-state index is 11.8. The number of hydrogen-bond acceptors (Lipinski definition) is 4. The molecule has 0 aliphatic heterocycles. The van der Waals surface area contributed by atoms with Crippen molar-refractivity contribution in [2.45, 2.75) is 72.7 Å². The normalized spacial score (nSPS) is 13.2. The Kier molecular flexibility index (Phi) is 7.55. The Morgan fingerprint density at radius 2 is 2.09 bits per heavy atom. The minimum Gasteiger partial charge on any atom is -0.444 e. The molecule has 0 aliphatic rings. The molecule has 0 bridgehead atoms. The van der Waals surface area contributed by atoms with Gasteiger partial charge >= 0.3 is 6.09 Å². The first-order chi connectivity index (χ1) is 10.7. The van der Waals surface area contributed by atoms with Gasteiger partial charge in [0.15, 0.2) is 0 Å². The highest BCUT2D eigenvalue weighted by molar-refractivity contribution is 5.67. The van der Waals surface area contributed by atoms with Gasteiger partial charge in [-0.25, -0.2) is 9.78 Å². The standard InChI is InChI=1S/C17H32N4O2/c1-7-8-21-12-18-9-14(21)10-19-15(13(2)3)11-20-16(22)23-17(4,5)6/h9,12-13,15,19H,7-8,10-11H2,1-6H3,(H,20,22). The predicted octanol–water partition coefficient (Wildman–Crippen LogP) is 2.93. The van der Waals surface area contributed by atoms with Crippen LogP contribution >= 0.6 is 0 Å². The molecular weight excluding hydrogens is 292 g/mol. The molecule has 6 heteroatoms. The van der Waals surface area contributed by atoms with Gasteiger partial charge in [-0.15, -0.1) is 0 Å². The summed E-state index contributed by atoms with van der Waals surface area (Å²) in [5.74, 6) is 0.396. The Hall–Kier alpha value is -1.56. The van der Waals surface area contributed by atoms with E-state index >= 15 is 0 Å². The zero-order valence-electron chi connectivity index (χ0n) is 15.3. The molecule has 1 atom stereocenters. The Labute approximate surface area is 140 Å². The van der Waals surface area contributed by atoms with Crippen molar-refractivity contribution in [2.24, 2.45) is 5.92 Å². The van der Waals surface area contributed by atoms with Crippen LogP contribution in [0.25, 0.3) is 0 Å². The molecule has 0 aromatic carbocycles. The van der Waals surface area contributed by atoms with Crippen molar-refractivity contribution in [3.05, 3.63) is 18.2 Å². The number of nitrogens with zero attached hydrogens (tertiary/aromatic N) is 2. The first-order valence-corrected chi connectivity index (χ1v) is 8.42. The monoisotopic (exact) mass is 324 g/mol. The Balaban J connectivity index is 2.49. The molecule has 1 aromatic heterocycles. The van der Waals surface area contributed by atoms with Gasteiger partial charge in [0.25, 0.3) is 0 Å². The molecule has 0 saturated carbocycles. The zero-order valence-corrected chi connectivity index (χ0v) is 15.3. The molecule has 1 aromatic rings. The number of amides is 1. The molecule has 6 nitrogen and oxygen atoms in total. The second kappa shape index (κ2) is 8.91. The van der Waals surface area contributed by atoms with Gasteiger partial charge in [-0.05, 0) is 33.1 Å². The van der Waals surface area contributed by atoms with Gasteiger partial charge in [0.05, 0.1) is 12.0 Å². The third kappa shape index (κ3) is 7.50. The quantitative estimate of drug-likeness (QED) is 0.771. The molecule has 132 valence electrons. The molecule has 1 heterocycles. The fourth-order valence-electron chi connectivity index (χ4n) is 2.22. The van der Waals surface area contributed by atoms with Crippen LogP contribution in [0.3, 0.4) is 0 Å². The van der Waals surface area contributed by atoms with Crippen LogP contribution < -0.4 is 10.6 Å². The van der Waals surface area contributed by atoms with Crippen LogP contribution in [0.4, 0.5) is 4.79 Å². The summed E-state index contributed by atoms with van der Waals surface area (Å²) in [6, 6.07) is 0.174. The van der Waals surface area contributed by atoms with E-state index in [1.54, 1.807) is 0 Å². The zero-order chi connectivity index (χ0) is 17.5. The number of imidazole rings is 1. The summed E-state index contributed by atoms with van der Waals surface area (Å²) in [5.41, 5.74) is 0.687. The molecule has 0 spiro atoms. The molecule has 23 heavy (non-hydrogen) atoms. The van der Waals surface area contributed by atoms with E-state index in [1.807, 2.05) is 33.3 Å². The van der Waals surface area contributed by atoms with E-state index in [-0.39, 0.29) is 12.1 Å². The molecular formula is C17H32N4O2. The van der Waals surface area contributed by atoms with Crippen molar-refractivity contribution in [1.29, 1.82) is 0 Å². The van der Waals surface area contributed by atoms with E-state index in [9.17, 15) is 4.79 Å². The molecule has 1 unspecified atom stereocenters. The highest BCUT2D eigenvalue weighted by Gasteiger charge is 2.19. The number of rotatable bonds is 8. The second-order valence-electron chi connectivity index (χ2n) is 7.19. The van der Waals surface area contributed by atoms with Crippen LogP contribution in [-0.2, 0) is 17.8 Å². The van der Waals surface area contributed by atoms with Crippen LogP contribution in [0.5, 0.6) is 0 Å². The largest absolute Gasteiger partial charge is 0.444 e. The van der Waals surface area contributed by atoms with E-state index in [2.05, 4.69) is 41.0 Å². The lowest BCUT2D eigenvalue weighted by Gasteiger charge is -2.25. The van der Waals surface area contributed by atoms with Gasteiger partial charge in [0.1, 0.15) is 5.60 Å². The molecule has 0 fully saturated rings. The van der Waals surface area contributed by atoms with E-state index in [1.165, 1.54) is 0 Å². The second-order valence-corrected chi connectivity index (χ2v) is 7.19. The Bertz CT molecular complexity index is 477. The van der Waals surface area contributed by atoms with Crippen molar-refractivity contribution in [3.63, 3.8) is 0 Å². The number of alkyl carbamates (subject to hydrolysis) is 1. The van der Waals surface area contributed by atoms with Gasteiger partial charge < -0.3 is 19.9 Å². The first kappa shape index (κ1) is 19.5. The summed E-state index contributed by atoms with van der Waals surface area (Å²) < 4.78 is 7.44. The minimum absolute atomic E-state index is 0.174. The number of nitrogens with one attached hydrogen (secondary N) is 2. The van der Waals surface area contributed by atoms with Crippen LogP contribution in [0.1, 0.15) is 53.7 Å². The number of ether oxygens (including phenoxy) is 1. The van der Waals surface area contributed by atoms with Crippen molar-refractivity contribution >= 4 is 6.09 Å². The lowest BCUT2D eigenvalue weighted by molar-refractivity contribution is 0.0519. The van der Waals surface area contributed by atoms with Crippen LogP contribution in [-0.4, -0.2) is 33.8 Å². The summed E-state index contributed by atoms with van der Waals surface area (Å²) in [6.07, 6.45) is 4.46. The maximum absolute atomic E-state index is 11.8. The van der Waals surface area contributed by atoms with Crippen LogP contribution in [0.15, 0.2) is 12.5 Å². The molecule has 1 rings (SSSR count). The Morgan fingerprint density at radius 3 is 2.65 bits per heavy atom. The lowest BCUT2D eigenvalue weighted by atomic mass is 10.0. The van der Waals surface area contributed by atoms with Gasteiger partial charge in [-0.3, -0.25) is 0 Å². The van der Waals surface area contributed by atoms with E-state index in [4.69, 9.17) is 4.74 Å². The van der Waals surface area contributed by atoms with Gasteiger partial charge in [-0.2, -0.15) is 0 Å². The summed E-state index contributed by atoms with van der Waals surface area (Å²) in [4.78, 5) is 16.0. The summed E-state index contributed by atoms with van der Waals surface area (Å²) in [5, 5.41) is 6.35. The fraction of sp³-hybridized carbons (Fsp3) is 0.765. The third-order valence-electron chi connectivity index (χ3n) is 3.48. The summed E-state index contributed by atoms with van der Waals surface area (Å²) in [7, 11) is 0. The molecule has 1 amide bonds. The van der Waals surface area contributed by atoms with Crippen LogP contribution in [0.2, 0.25) is 0 Å².